The molecule has 1 aromatic heterocycles. The summed E-state index contributed by atoms with van der Waals surface area (Å²) in [6.07, 6.45) is 0. The van der Waals surface area contributed by atoms with Crippen molar-refractivity contribution in [3.63, 3.8) is 0 Å². The number of aromatic nitrogens is 2. The summed E-state index contributed by atoms with van der Waals surface area (Å²) in [5.74, 6) is 0.614. The molecule has 0 unspecified atom stereocenters. The van der Waals surface area contributed by atoms with Crippen LogP contribution in [0.3, 0.4) is 0 Å². The van der Waals surface area contributed by atoms with Gasteiger partial charge < -0.3 is 14.5 Å². The van der Waals surface area contributed by atoms with E-state index >= 15 is 0 Å². The Balaban J connectivity index is 1.47. The van der Waals surface area contributed by atoms with Gasteiger partial charge in [0.05, 0.1) is 10.9 Å². The molecule has 0 spiro atoms. The third-order valence-corrected chi connectivity index (χ3v) is 5.18. The zero-order chi connectivity index (χ0) is 19.7. The number of aryl methyl sites for hydroxylation is 1. The highest BCUT2D eigenvalue weighted by molar-refractivity contribution is 8.00. The fourth-order valence-corrected chi connectivity index (χ4v) is 3.51. The van der Waals surface area contributed by atoms with Crippen molar-refractivity contribution in [3.05, 3.63) is 53.6 Å². The number of hydrogen-bond acceptors (Lipinski definition) is 7. The molecule has 2 aromatic carbocycles. The Morgan fingerprint density at radius 1 is 1.18 bits per heavy atom. The van der Waals surface area contributed by atoms with Gasteiger partial charge in [-0.1, -0.05) is 29.5 Å². The molecule has 8 heteroatoms. The van der Waals surface area contributed by atoms with Crippen molar-refractivity contribution in [1.82, 2.24) is 10.2 Å². The van der Waals surface area contributed by atoms with Crippen LogP contribution in [0.2, 0.25) is 0 Å². The predicted molar refractivity (Wildman–Crippen MR) is 105 cm³/mol. The molecule has 0 saturated carbocycles. The number of carbonyl (C=O) groups excluding carboxylic acids is 2. The van der Waals surface area contributed by atoms with Crippen LogP contribution in [0.4, 0.5) is 5.69 Å². The molecule has 1 amide bonds. The number of carbonyl (C=O) groups is 2. The number of nitrogens with one attached hydrogen (secondary N) is 1. The van der Waals surface area contributed by atoms with Crippen LogP contribution < -0.4 is 10.1 Å². The number of thioether (sulfide) groups is 1. The highest BCUT2D eigenvalue weighted by Gasteiger charge is 2.23. The Bertz CT molecular complexity index is 1050. The molecule has 1 atom stereocenters. The van der Waals surface area contributed by atoms with E-state index in [0.717, 1.165) is 11.1 Å². The summed E-state index contributed by atoms with van der Waals surface area (Å²) >= 11 is 1.19. The van der Waals surface area contributed by atoms with Gasteiger partial charge >= 0.3 is 0 Å². The molecule has 28 heavy (non-hydrogen) atoms. The monoisotopic (exact) mass is 395 g/mol. The smallest absolute Gasteiger partial charge is 0.277 e. The topological polar surface area (TPSA) is 94.3 Å². The lowest BCUT2D eigenvalue weighted by atomic mass is 10.1. The number of amides is 1. The highest BCUT2D eigenvalue weighted by atomic mass is 32.2. The van der Waals surface area contributed by atoms with Gasteiger partial charge in [-0.25, -0.2) is 0 Å². The van der Waals surface area contributed by atoms with Crippen molar-refractivity contribution in [3.8, 4) is 17.2 Å². The SMILES string of the molecule is Cc1ccc(-c2nnc(S[C@H](C)C(=O)c3ccc4c(c3)NC(=O)CO4)o2)cc1. The Kier molecular flexibility index (Phi) is 4.87. The second-order valence-electron chi connectivity index (χ2n) is 6.41. The third-order valence-electron chi connectivity index (χ3n) is 4.25. The van der Waals surface area contributed by atoms with Crippen LogP contribution in [0.1, 0.15) is 22.8 Å². The maximum atomic E-state index is 12.8. The lowest BCUT2D eigenvalue weighted by Gasteiger charge is -2.18. The number of anilines is 1. The van der Waals surface area contributed by atoms with Crippen LogP contribution in [0.5, 0.6) is 5.75 Å². The van der Waals surface area contributed by atoms with E-state index in [1.54, 1.807) is 25.1 Å². The normalized spacial score (nSPS) is 14.0. The van der Waals surface area contributed by atoms with Gasteiger partial charge in [-0.15, -0.1) is 10.2 Å². The minimum Gasteiger partial charge on any atom is -0.482 e. The van der Waals surface area contributed by atoms with Gasteiger partial charge in [-0.2, -0.15) is 0 Å². The summed E-state index contributed by atoms with van der Waals surface area (Å²) in [7, 11) is 0. The Morgan fingerprint density at radius 3 is 2.75 bits per heavy atom. The Morgan fingerprint density at radius 2 is 1.96 bits per heavy atom. The van der Waals surface area contributed by atoms with Crippen molar-refractivity contribution >= 4 is 29.1 Å². The molecule has 142 valence electrons. The summed E-state index contributed by atoms with van der Waals surface area (Å²) < 4.78 is 11.0. The molecule has 7 nitrogen and oxygen atoms in total. The summed E-state index contributed by atoms with van der Waals surface area (Å²) in [6.45, 7) is 3.76. The Labute approximate surface area is 165 Å². The van der Waals surface area contributed by atoms with E-state index in [1.165, 1.54) is 11.8 Å². The molecule has 3 aromatic rings. The molecule has 1 N–H and O–H groups in total. The van der Waals surface area contributed by atoms with Crippen molar-refractivity contribution in [1.29, 1.82) is 0 Å². The van der Waals surface area contributed by atoms with Crippen molar-refractivity contribution in [2.75, 3.05) is 11.9 Å². The second-order valence-corrected chi connectivity index (χ2v) is 7.70. The number of ether oxygens (including phenoxy) is 1. The maximum absolute atomic E-state index is 12.8. The predicted octanol–water partition coefficient (Wildman–Crippen LogP) is 3.74. The first kappa shape index (κ1) is 18.2. The molecule has 0 radical (unpaired) electrons. The summed E-state index contributed by atoms with van der Waals surface area (Å²) in [5.41, 5.74) is 2.94. The van der Waals surface area contributed by atoms with E-state index in [4.69, 9.17) is 9.15 Å². The molecule has 0 bridgehead atoms. The quantitative estimate of drug-likeness (QED) is 0.519. The summed E-state index contributed by atoms with van der Waals surface area (Å²) in [6, 6.07) is 12.7. The number of hydrogen-bond donors (Lipinski definition) is 1. The number of ketones is 1. The maximum Gasteiger partial charge on any atom is 0.277 e. The lowest BCUT2D eigenvalue weighted by molar-refractivity contribution is -0.118. The average molecular weight is 395 g/mol. The lowest BCUT2D eigenvalue weighted by Crippen LogP contribution is -2.25. The summed E-state index contributed by atoms with van der Waals surface area (Å²) in [5, 5.41) is 10.7. The molecule has 0 fully saturated rings. The summed E-state index contributed by atoms with van der Waals surface area (Å²) in [4.78, 5) is 24.2. The number of nitrogens with zero attached hydrogens (tertiary/aromatic N) is 2. The molecular formula is C20H17N3O4S. The fourth-order valence-electron chi connectivity index (χ4n) is 2.75. The molecule has 2 heterocycles. The largest absolute Gasteiger partial charge is 0.482 e. The van der Waals surface area contributed by atoms with Gasteiger partial charge in [0, 0.05) is 11.1 Å². The van der Waals surface area contributed by atoms with Crippen LogP contribution in [-0.2, 0) is 4.79 Å². The number of rotatable bonds is 5. The average Bonchev–Trinajstić information content (AvgIpc) is 3.15. The standard InChI is InChI=1S/C20H17N3O4S/c1-11-3-5-13(6-4-11)19-22-23-20(27-19)28-12(2)18(25)14-7-8-16-15(9-14)21-17(24)10-26-16/h3-9,12H,10H2,1-2H3,(H,21,24)/t12-/m1/s1. The number of fused-ring (bicyclic) bond motifs is 1. The van der Waals surface area contributed by atoms with Gasteiger partial charge in [0.2, 0.25) is 5.89 Å². The molecule has 1 aliphatic rings. The van der Waals surface area contributed by atoms with Crippen LogP contribution in [0.15, 0.2) is 52.1 Å². The molecule has 0 aliphatic carbocycles. The van der Waals surface area contributed by atoms with Gasteiger partial charge in [0.15, 0.2) is 12.4 Å². The molecular weight excluding hydrogens is 378 g/mol. The minimum absolute atomic E-state index is 0.0208. The van der Waals surface area contributed by atoms with Crippen molar-refractivity contribution in [2.45, 2.75) is 24.3 Å². The zero-order valence-corrected chi connectivity index (χ0v) is 16.1. The number of Topliss-reactive ketones (excluding diaryl/α,β-unsaturated/α-hetero) is 1. The first-order valence-electron chi connectivity index (χ1n) is 8.68. The van der Waals surface area contributed by atoms with Gasteiger partial charge in [0.25, 0.3) is 11.1 Å². The third kappa shape index (κ3) is 3.77. The van der Waals surface area contributed by atoms with E-state index < -0.39 is 5.25 Å². The number of benzene rings is 2. The minimum atomic E-state index is -0.440. The second kappa shape index (κ2) is 7.47. The van der Waals surface area contributed by atoms with Crippen LogP contribution in [0.25, 0.3) is 11.5 Å². The molecule has 0 saturated heterocycles. The molecule has 1 aliphatic heterocycles. The van der Waals surface area contributed by atoms with Gasteiger partial charge in [-0.3, -0.25) is 9.59 Å². The van der Waals surface area contributed by atoms with E-state index in [1.807, 2.05) is 31.2 Å². The van der Waals surface area contributed by atoms with Crippen LogP contribution >= 0.6 is 11.8 Å². The molecule has 4 rings (SSSR count). The van der Waals surface area contributed by atoms with Gasteiger partial charge in [-0.05, 0) is 44.2 Å². The van der Waals surface area contributed by atoms with Crippen LogP contribution in [-0.4, -0.2) is 33.7 Å². The first-order chi connectivity index (χ1) is 13.5. The van der Waals surface area contributed by atoms with Crippen LogP contribution in [0, 0.1) is 6.92 Å². The fraction of sp³-hybridized carbons (Fsp3) is 0.200. The zero-order valence-electron chi connectivity index (χ0n) is 15.3. The van der Waals surface area contributed by atoms with Gasteiger partial charge in [0.1, 0.15) is 5.75 Å². The van der Waals surface area contributed by atoms with Crippen molar-refractivity contribution < 1.29 is 18.7 Å². The van der Waals surface area contributed by atoms with E-state index in [2.05, 4.69) is 15.5 Å². The Hall–Kier alpha value is -3.13. The van der Waals surface area contributed by atoms with E-state index in [-0.39, 0.29) is 18.3 Å². The van der Waals surface area contributed by atoms with E-state index in [9.17, 15) is 9.59 Å². The van der Waals surface area contributed by atoms with Crippen molar-refractivity contribution in [2.24, 2.45) is 0 Å². The highest BCUT2D eigenvalue weighted by Crippen LogP contribution is 2.31. The van der Waals surface area contributed by atoms with E-state index in [0.29, 0.717) is 28.1 Å². The first-order valence-corrected chi connectivity index (χ1v) is 9.55.